The molecule has 0 fully saturated rings. The third-order valence-corrected chi connectivity index (χ3v) is 3.67. The van der Waals surface area contributed by atoms with Gasteiger partial charge in [0.05, 0.1) is 24.2 Å². The lowest BCUT2D eigenvalue weighted by Gasteiger charge is -2.12. The van der Waals surface area contributed by atoms with Gasteiger partial charge in [-0.2, -0.15) is 9.97 Å². The van der Waals surface area contributed by atoms with E-state index in [2.05, 4.69) is 20.4 Å². The highest BCUT2D eigenvalue weighted by Crippen LogP contribution is 2.24. The molecule has 8 heteroatoms. The molecular formula is C18H19N5O3. The van der Waals surface area contributed by atoms with Crippen molar-refractivity contribution in [3.8, 4) is 17.6 Å². The van der Waals surface area contributed by atoms with Crippen molar-refractivity contribution in [2.45, 2.75) is 13.8 Å². The van der Waals surface area contributed by atoms with E-state index in [1.807, 2.05) is 30.3 Å². The Labute approximate surface area is 150 Å². The molecule has 2 aromatic heterocycles. The van der Waals surface area contributed by atoms with Crippen LogP contribution >= 0.6 is 0 Å². The lowest BCUT2D eigenvalue weighted by molar-refractivity contribution is 0.102. The quantitative estimate of drug-likeness (QED) is 0.758. The van der Waals surface area contributed by atoms with Gasteiger partial charge >= 0.3 is 6.01 Å². The molecular weight excluding hydrogens is 334 g/mol. The first kappa shape index (κ1) is 17.4. The highest BCUT2D eigenvalue weighted by Gasteiger charge is 2.19. The predicted molar refractivity (Wildman–Crippen MR) is 95.7 cm³/mol. The number of nitrogens with zero attached hydrogens (tertiary/aromatic N) is 4. The smallest absolute Gasteiger partial charge is 0.322 e. The number of carbonyl (C=O) groups is 1. The van der Waals surface area contributed by atoms with Gasteiger partial charge in [-0.05, 0) is 26.0 Å². The largest absolute Gasteiger partial charge is 0.479 e. The van der Waals surface area contributed by atoms with Crippen LogP contribution in [0.1, 0.15) is 21.7 Å². The molecule has 0 spiro atoms. The summed E-state index contributed by atoms with van der Waals surface area (Å²) >= 11 is 0. The molecule has 3 rings (SSSR count). The van der Waals surface area contributed by atoms with Crippen LogP contribution in [-0.4, -0.2) is 32.8 Å². The summed E-state index contributed by atoms with van der Waals surface area (Å²) < 4.78 is 12.3. The van der Waals surface area contributed by atoms with Crippen LogP contribution in [0.25, 0.3) is 0 Å². The number of rotatable bonds is 5. The fourth-order valence-electron chi connectivity index (χ4n) is 2.46. The molecule has 1 N–H and O–H groups in total. The molecule has 0 saturated heterocycles. The van der Waals surface area contributed by atoms with Gasteiger partial charge in [0.1, 0.15) is 11.3 Å². The number of para-hydroxylation sites is 1. The molecule has 0 aliphatic carbocycles. The first-order chi connectivity index (χ1) is 12.5. The molecule has 0 bridgehead atoms. The van der Waals surface area contributed by atoms with Crippen LogP contribution in [0.5, 0.6) is 17.6 Å². The number of aromatic nitrogens is 4. The first-order valence-electron chi connectivity index (χ1n) is 7.95. The average Bonchev–Trinajstić information content (AvgIpc) is 3.00. The molecule has 0 saturated carbocycles. The van der Waals surface area contributed by atoms with Crippen LogP contribution in [0.3, 0.4) is 0 Å². The maximum atomic E-state index is 12.6. The van der Waals surface area contributed by atoms with Gasteiger partial charge in [0, 0.05) is 13.2 Å². The minimum absolute atomic E-state index is 0.225. The van der Waals surface area contributed by atoms with Gasteiger partial charge in [0.15, 0.2) is 0 Å². The first-order valence-corrected chi connectivity index (χ1v) is 7.95. The van der Waals surface area contributed by atoms with Crippen molar-refractivity contribution < 1.29 is 14.3 Å². The molecule has 26 heavy (non-hydrogen) atoms. The molecule has 1 amide bonds. The van der Waals surface area contributed by atoms with E-state index in [1.165, 1.54) is 11.8 Å². The van der Waals surface area contributed by atoms with Gasteiger partial charge in [-0.25, -0.2) is 0 Å². The maximum Gasteiger partial charge on any atom is 0.322 e. The number of benzene rings is 1. The Hall–Kier alpha value is -3.42. The van der Waals surface area contributed by atoms with E-state index in [0.29, 0.717) is 28.4 Å². The lowest BCUT2D eigenvalue weighted by atomic mass is 10.2. The molecule has 3 aromatic rings. The molecule has 0 atom stereocenters. The highest BCUT2D eigenvalue weighted by atomic mass is 16.5. The van der Waals surface area contributed by atoms with Gasteiger partial charge in [0.25, 0.3) is 5.91 Å². The Balaban J connectivity index is 1.83. The van der Waals surface area contributed by atoms with Crippen molar-refractivity contribution in [2.75, 3.05) is 12.4 Å². The molecule has 0 aliphatic rings. The molecule has 8 nitrogen and oxygen atoms in total. The van der Waals surface area contributed by atoms with E-state index in [4.69, 9.17) is 9.47 Å². The van der Waals surface area contributed by atoms with Crippen LogP contribution in [0, 0.1) is 13.8 Å². The van der Waals surface area contributed by atoms with E-state index in [1.54, 1.807) is 27.1 Å². The Morgan fingerprint density at radius 2 is 1.77 bits per heavy atom. The Morgan fingerprint density at radius 1 is 1.12 bits per heavy atom. The van der Waals surface area contributed by atoms with E-state index in [9.17, 15) is 4.79 Å². The average molecular weight is 353 g/mol. The van der Waals surface area contributed by atoms with Crippen molar-refractivity contribution >= 4 is 11.6 Å². The Kier molecular flexibility index (Phi) is 4.83. The van der Waals surface area contributed by atoms with Crippen LogP contribution in [-0.2, 0) is 7.05 Å². The summed E-state index contributed by atoms with van der Waals surface area (Å²) in [6, 6.07) is 9.49. The third kappa shape index (κ3) is 3.64. The van der Waals surface area contributed by atoms with Crippen LogP contribution in [0.15, 0.2) is 36.5 Å². The molecule has 0 aliphatic heterocycles. The van der Waals surface area contributed by atoms with E-state index in [-0.39, 0.29) is 17.8 Å². The van der Waals surface area contributed by atoms with Gasteiger partial charge in [-0.15, -0.1) is 5.10 Å². The molecule has 2 heterocycles. The number of aryl methyl sites for hydroxylation is 3. The summed E-state index contributed by atoms with van der Waals surface area (Å²) in [5.74, 6) is 0.551. The number of amides is 1. The topological polar surface area (TPSA) is 91.2 Å². The number of hydrogen-bond donors (Lipinski definition) is 1. The van der Waals surface area contributed by atoms with E-state index >= 15 is 0 Å². The zero-order valence-electron chi connectivity index (χ0n) is 15.0. The van der Waals surface area contributed by atoms with Gasteiger partial charge in [0.2, 0.25) is 5.88 Å². The van der Waals surface area contributed by atoms with E-state index in [0.717, 1.165) is 0 Å². The number of anilines is 1. The van der Waals surface area contributed by atoms with Crippen LogP contribution < -0.4 is 14.8 Å². The predicted octanol–water partition coefficient (Wildman–Crippen LogP) is 2.88. The van der Waals surface area contributed by atoms with Crippen molar-refractivity contribution in [3.05, 3.63) is 53.5 Å². The van der Waals surface area contributed by atoms with Gasteiger partial charge in [-0.3, -0.25) is 9.48 Å². The second-order valence-corrected chi connectivity index (χ2v) is 5.65. The lowest BCUT2D eigenvalue weighted by Crippen LogP contribution is -2.15. The zero-order valence-corrected chi connectivity index (χ0v) is 15.0. The third-order valence-electron chi connectivity index (χ3n) is 3.67. The minimum Gasteiger partial charge on any atom is -0.479 e. The second kappa shape index (κ2) is 7.22. The fourth-order valence-corrected chi connectivity index (χ4v) is 2.46. The second-order valence-electron chi connectivity index (χ2n) is 5.65. The normalized spacial score (nSPS) is 10.5. The molecule has 1 aromatic carbocycles. The summed E-state index contributed by atoms with van der Waals surface area (Å²) in [4.78, 5) is 21.2. The molecule has 134 valence electrons. The van der Waals surface area contributed by atoms with Crippen molar-refractivity contribution in [3.63, 3.8) is 0 Å². The SMILES string of the molecule is COc1nn(C)cc1C(=O)Nc1c(C)nc(Oc2ccccc2)nc1C. The van der Waals surface area contributed by atoms with Crippen LogP contribution in [0.4, 0.5) is 5.69 Å². The number of hydrogen-bond acceptors (Lipinski definition) is 6. The van der Waals surface area contributed by atoms with Crippen molar-refractivity contribution in [1.29, 1.82) is 0 Å². The number of ether oxygens (including phenoxy) is 2. The summed E-state index contributed by atoms with van der Waals surface area (Å²) in [5.41, 5.74) is 2.05. The van der Waals surface area contributed by atoms with Gasteiger partial charge in [-0.1, -0.05) is 18.2 Å². The summed E-state index contributed by atoms with van der Waals surface area (Å²) in [6.07, 6.45) is 1.59. The number of nitrogens with one attached hydrogen (secondary N) is 1. The maximum absolute atomic E-state index is 12.6. The zero-order chi connectivity index (χ0) is 18.7. The van der Waals surface area contributed by atoms with Gasteiger partial charge < -0.3 is 14.8 Å². The summed E-state index contributed by atoms with van der Waals surface area (Å²) in [6.45, 7) is 3.56. The Morgan fingerprint density at radius 3 is 2.38 bits per heavy atom. The highest BCUT2D eigenvalue weighted by molar-refractivity contribution is 6.06. The van der Waals surface area contributed by atoms with Crippen LogP contribution in [0.2, 0.25) is 0 Å². The Bertz CT molecular complexity index is 914. The number of carbonyl (C=O) groups excluding carboxylic acids is 1. The number of methoxy groups -OCH3 is 1. The van der Waals surface area contributed by atoms with Crippen molar-refractivity contribution in [1.82, 2.24) is 19.7 Å². The molecule has 0 radical (unpaired) electrons. The summed E-state index contributed by atoms with van der Waals surface area (Å²) in [7, 11) is 3.18. The summed E-state index contributed by atoms with van der Waals surface area (Å²) in [5, 5.41) is 6.90. The standard InChI is InChI=1S/C18H19N5O3/c1-11-15(21-16(24)14-10-23(3)22-17(14)25-4)12(2)20-18(19-11)26-13-8-6-5-7-9-13/h5-10H,1-4H3,(H,21,24). The molecule has 0 unspecified atom stereocenters. The fraction of sp³-hybridized carbons (Fsp3) is 0.222. The monoisotopic (exact) mass is 353 g/mol. The minimum atomic E-state index is -0.346. The van der Waals surface area contributed by atoms with Crippen molar-refractivity contribution in [2.24, 2.45) is 7.05 Å². The van der Waals surface area contributed by atoms with E-state index < -0.39 is 0 Å².